The van der Waals surface area contributed by atoms with Gasteiger partial charge in [-0.25, -0.2) is 4.79 Å². The number of thiol groups is 1. The summed E-state index contributed by atoms with van der Waals surface area (Å²) in [6.07, 6.45) is -2.23. The van der Waals surface area contributed by atoms with Gasteiger partial charge < -0.3 is 42.7 Å². The van der Waals surface area contributed by atoms with Crippen molar-refractivity contribution in [2.24, 2.45) is 11.5 Å². The Morgan fingerprint density at radius 2 is 1.12 bits per heavy atom. The van der Waals surface area contributed by atoms with Gasteiger partial charge in [-0.3, -0.25) is 28.8 Å². The molecule has 0 saturated carbocycles. The maximum atomic E-state index is 12.6. The summed E-state index contributed by atoms with van der Waals surface area (Å²) in [6, 6.07) is -5.57. The molecule has 0 bridgehead atoms. The van der Waals surface area contributed by atoms with E-state index in [9.17, 15) is 38.7 Å². The Morgan fingerprint density at radius 1 is 0.676 bits per heavy atom. The summed E-state index contributed by atoms with van der Waals surface area (Å²) in [5, 5.41) is 33.2. The molecule has 0 aromatic heterocycles. The summed E-state index contributed by atoms with van der Waals surface area (Å²) in [5.41, 5.74) is 10.7. The van der Waals surface area contributed by atoms with Crippen molar-refractivity contribution in [2.75, 3.05) is 5.75 Å². The molecule has 0 saturated heterocycles. The molecule has 0 heterocycles. The van der Waals surface area contributed by atoms with Gasteiger partial charge in [0, 0.05) is 25.0 Å². The molecule has 4 amide bonds. The van der Waals surface area contributed by atoms with E-state index >= 15 is 0 Å². The number of nitrogens with two attached hydrogens (primary N) is 2. The van der Waals surface area contributed by atoms with Crippen molar-refractivity contribution in [1.29, 1.82) is 0 Å². The molecule has 0 aliphatic heterocycles. The number of rotatable bonds is 17. The first-order valence-electron chi connectivity index (χ1n) is 10.0. The van der Waals surface area contributed by atoms with Gasteiger partial charge in [0.2, 0.25) is 23.6 Å². The zero-order valence-corrected chi connectivity index (χ0v) is 19.0. The van der Waals surface area contributed by atoms with Gasteiger partial charge in [-0.15, -0.1) is 0 Å². The third kappa shape index (κ3) is 12.6. The normalized spacial score (nSPS) is 14.1. The number of hydrogen-bond acceptors (Lipinski definition) is 9. The number of carboxylic acids is 3. The van der Waals surface area contributed by atoms with Crippen molar-refractivity contribution in [3.63, 3.8) is 0 Å². The molecule has 34 heavy (non-hydrogen) atoms. The highest BCUT2D eigenvalue weighted by Gasteiger charge is 2.30. The first-order chi connectivity index (χ1) is 15.8. The van der Waals surface area contributed by atoms with Crippen LogP contribution in [-0.2, 0) is 33.6 Å². The second kappa shape index (κ2) is 15.4. The summed E-state index contributed by atoms with van der Waals surface area (Å²) in [6.45, 7) is 0. The molecule has 16 heteroatoms. The van der Waals surface area contributed by atoms with E-state index in [0.29, 0.717) is 0 Å². The Hall–Kier alpha value is -3.40. The minimum absolute atomic E-state index is 0.196. The van der Waals surface area contributed by atoms with Gasteiger partial charge in [0.25, 0.3) is 0 Å². The van der Waals surface area contributed by atoms with Crippen LogP contribution >= 0.6 is 12.6 Å². The van der Waals surface area contributed by atoms with Crippen LogP contribution in [0.15, 0.2) is 0 Å². The predicted octanol–water partition coefficient (Wildman–Crippen LogP) is -3.22. The molecule has 0 aromatic rings. The molecular weight excluding hydrogens is 478 g/mol. The number of primary amides is 1. The summed E-state index contributed by atoms with van der Waals surface area (Å²) < 4.78 is 0. The van der Waals surface area contributed by atoms with Crippen LogP contribution in [0, 0.1) is 0 Å². The van der Waals surface area contributed by atoms with Gasteiger partial charge in [0.1, 0.15) is 18.1 Å². The summed E-state index contributed by atoms with van der Waals surface area (Å²) >= 11 is 3.95. The van der Waals surface area contributed by atoms with E-state index < -0.39 is 78.5 Å². The van der Waals surface area contributed by atoms with Crippen LogP contribution in [0.5, 0.6) is 0 Å². The molecule has 0 aromatic carbocycles. The number of nitrogens with one attached hydrogen (secondary N) is 3. The average Bonchev–Trinajstić information content (AvgIpc) is 2.74. The van der Waals surface area contributed by atoms with Gasteiger partial charge >= 0.3 is 17.9 Å². The van der Waals surface area contributed by atoms with E-state index in [2.05, 4.69) is 28.6 Å². The molecule has 0 fully saturated rings. The Bertz CT molecular complexity index is 793. The quantitative estimate of drug-likeness (QED) is 0.0883. The molecule has 0 rings (SSSR count). The molecule has 0 radical (unpaired) electrons. The van der Waals surface area contributed by atoms with Crippen LogP contribution in [0.4, 0.5) is 0 Å². The fourth-order valence-electron chi connectivity index (χ4n) is 2.51. The summed E-state index contributed by atoms with van der Waals surface area (Å²) in [5.74, 6) is -7.80. The molecule has 192 valence electrons. The Labute approximate surface area is 199 Å². The van der Waals surface area contributed by atoms with Crippen LogP contribution < -0.4 is 27.4 Å². The van der Waals surface area contributed by atoms with E-state index in [1.165, 1.54) is 0 Å². The van der Waals surface area contributed by atoms with Gasteiger partial charge in [-0.2, -0.15) is 12.6 Å². The first-order valence-corrected chi connectivity index (χ1v) is 10.6. The van der Waals surface area contributed by atoms with E-state index in [0.717, 1.165) is 0 Å². The number of carbonyl (C=O) groups excluding carboxylic acids is 4. The SMILES string of the molecule is NC(=O)CCC(NC(=O)C(CS)NC(=O)C(N)CCC(=O)O)C(=O)NC(CCC(=O)O)C(=O)O. The second-order valence-electron chi connectivity index (χ2n) is 7.18. The number of amides is 4. The average molecular weight is 508 g/mol. The van der Waals surface area contributed by atoms with Crippen molar-refractivity contribution < 1.29 is 48.9 Å². The maximum absolute atomic E-state index is 12.6. The Morgan fingerprint density at radius 3 is 1.59 bits per heavy atom. The highest BCUT2D eigenvalue weighted by molar-refractivity contribution is 7.80. The molecule has 0 aliphatic rings. The van der Waals surface area contributed by atoms with Crippen molar-refractivity contribution in [2.45, 2.75) is 62.7 Å². The van der Waals surface area contributed by atoms with Crippen LogP contribution in [0.3, 0.4) is 0 Å². The third-order valence-electron chi connectivity index (χ3n) is 4.40. The highest BCUT2D eigenvalue weighted by Crippen LogP contribution is 2.04. The van der Waals surface area contributed by atoms with E-state index in [4.69, 9.17) is 21.7 Å². The van der Waals surface area contributed by atoms with E-state index in [1.807, 2.05) is 0 Å². The smallest absolute Gasteiger partial charge is 0.326 e. The standard InChI is InChI=1S/C18H29N5O10S/c19-8(1-5-13(25)26)15(29)23-11(7-34)17(31)21-9(2-4-12(20)24)16(30)22-10(18(32)33)3-6-14(27)28/h8-11,34H,1-7,19H2,(H2,20,24)(H,21,31)(H,22,30)(H,23,29)(H,25,26)(H,27,28)(H,32,33). The Kier molecular flexibility index (Phi) is 13.9. The lowest BCUT2D eigenvalue weighted by atomic mass is 10.1. The minimum Gasteiger partial charge on any atom is -0.481 e. The molecule has 0 aliphatic carbocycles. The number of carbonyl (C=O) groups is 7. The second-order valence-corrected chi connectivity index (χ2v) is 7.55. The molecule has 15 nitrogen and oxygen atoms in total. The molecular formula is C18H29N5O10S. The van der Waals surface area contributed by atoms with Gasteiger partial charge in [0.15, 0.2) is 0 Å². The molecule has 0 spiro atoms. The molecule has 4 unspecified atom stereocenters. The van der Waals surface area contributed by atoms with Crippen molar-refractivity contribution >= 4 is 54.2 Å². The molecule has 10 N–H and O–H groups in total. The van der Waals surface area contributed by atoms with Crippen LogP contribution in [-0.4, -0.2) is 86.8 Å². The molecule has 4 atom stereocenters. The fraction of sp³-hybridized carbons (Fsp3) is 0.611. The summed E-state index contributed by atoms with van der Waals surface area (Å²) in [4.78, 5) is 81.0. The minimum atomic E-state index is -1.58. The lowest BCUT2D eigenvalue weighted by molar-refractivity contribution is -0.143. The van der Waals surface area contributed by atoms with Crippen molar-refractivity contribution in [3.8, 4) is 0 Å². The largest absolute Gasteiger partial charge is 0.481 e. The van der Waals surface area contributed by atoms with Crippen LogP contribution in [0.25, 0.3) is 0 Å². The lowest BCUT2D eigenvalue weighted by Crippen LogP contribution is -2.57. The predicted molar refractivity (Wildman–Crippen MR) is 117 cm³/mol. The van der Waals surface area contributed by atoms with E-state index in [-0.39, 0.29) is 31.4 Å². The van der Waals surface area contributed by atoms with Crippen LogP contribution in [0.1, 0.15) is 38.5 Å². The zero-order valence-electron chi connectivity index (χ0n) is 18.1. The lowest BCUT2D eigenvalue weighted by Gasteiger charge is -2.24. The van der Waals surface area contributed by atoms with Crippen molar-refractivity contribution in [1.82, 2.24) is 16.0 Å². The fourth-order valence-corrected chi connectivity index (χ4v) is 2.77. The Balaban J connectivity index is 5.32. The van der Waals surface area contributed by atoms with Crippen LogP contribution in [0.2, 0.25) is 0 Å². The maximum Gasteiger partial charge on any atom is 0.326 e. The zero-order chi connectivity index (χ0) is 26.4. The number of carboxylic acid groups (broad SMARTS) is 3. The third-order valence-corrected chi connectivity index (χ3v) is 4.76. The topological polar surface area (TPSA) is 268 Å². The van der Waals surface area contributed by atoms with Gasteiger partial charge in [-0.1, -0.05) is 0 Å². The summed E-state index contributed by atoms with van der Waals surface area (Å²) in [7, 11) is 0. The van der Waals surface area contributed by atoms with Gasteiger partial charge in [-0.05, 0) is 19.3 Å². The first kappa shape index (κ1) is 30.6. The number of hydrogen-bond donors (Lipinski definition) is 9. The monoisotopic (exact) mass is 507 g/mol. The van der Waals surface area contributed by atoms with Crippen molar-refractivity contribution in [3.05, 3.63) is 0 Å². The highest BCUT2D eigenvalue weighted by atomic mass is 32.1. The van der Waals surface area contributed by atoms with Gasteiger partial charge in [0.05, 0.1) is 6.04 Å². The van der Waals surface area contributed by atoms with E-state index in [1.54, 1.807) is 0 Å². The number of aliphatic carboxylic acids is 3.